The van der Waals surface area contributed by atoms with Gasteiger partial charge in [-0.1, -0.05) is 50.2 Å². The summed E-state index contributed by atoms with van der Waals surface area (Å²) in [6.07, 6.45) is 2.41. The van der Waals surface area contributed by atoms with Crippen molar-refractivity contribution in [3.63, 3.8) is 0 Å². The van der Waals surface area contributed by atoms with Crippen LogP contribution in [-0.2, 0) is 0 Å². The summed E-state index contributed by atoms with van der Waals surface area (Å²) in [6, 6.07) is 21.5. The van der Waals surface area contributed by atoms with Gasteiger partial charge < -0.3 is 0 Å². The van der Waals surface area contributed by atoms with Gasteiger partial charge in [0.1, 0.15) is 0 Å². The third-order valence-electron chi connectivity index (χ3n) is 3.28. The fourth-order valence-corrected chi connectivity index (χ4v) is 4.87. The van der Waals surface area contributed by atoms with Crippen LogP contribution in [0.25, 0.3) is 0 Å². The molecule has 2 heteroatoms. The first-order chi connectivity index (χ1) is 9.83. The molecule has 0 saturated carbocycles. The smallest absolute Gasteiger partial charge is 0.0214 e. The number of rotatable bonds is 7. The van der Waals surface area contributed by atoms with Crippen LogP contribution in [0, 0.1) is 0 Å². The zero-order valence-electron chi connectivity index (χ0n) is 12.2. The lowest BCUT2D eigenvalue weighted by Crippen LogP contribution is -2.18. The van der Waals surface area contributed by atoms with E-state index in [1.54, 1.807) is 0 Å². The van der Waals surface area contributed by atoms with E-state index in [0.29, 0.717) is 10.5 Å². The molecular weight excluding hydrogens is 280 g/mol. The molecule has 0 amide bonds. The molecule has 0 aliphatic rings. The molecule has 0 spiro atoms. The van der Waals surface area contributed by atoms with E-state index in [0.717, 1.165) is 0 Å². The average molecular weight is 303 g/mol. The standard InChI is InChI=1S/C18H22S2/c1-3-17(19-15-11-7-5-8-12-15)18(4-2)20-16-13-9-6-10-14-16/h5-14,17-18H,3-4H2,1-2H3/t17-,18-/m0/s1. The summed E-state index contributed by atoms with van der Waals surface area (Å²) in [5.41, 5.74) is 0. The Hall–Kier alpha value is -0.860. The summed E-state index contributed by atoms with van der Waals surface area (Å²) in [4.78, 5) is 2.76. The maximum absolute atomic E-state index is 2.30. The Morgan fingerprint density at radius 1 is 0.650 bits per heavy atom. The van der Waals surface area contributed by atoms with Crippen LogP contribution < -0.4 is 0 Å². The van der Waals surface area contributed by atoms with Gasteiger partial charge in [-0.2, -0.15) is 0 Å². The molecule has 0 aromatic heterocycles. The highest BCUT2D eigenvalue weighted by molar-refractivity contribution is 8.03. The molecule has 2 aromatic carbocycles. The second kappa shape index (κ2) is 8.43. The van der Waals surface area contributed by atoms with E-state index in [2.05, 4.69) is 74.5 Å². The van der Waals surface area contributed by atoms with Crippen LogP contribution in [0.5, 0.6) is 0 Å². The molecule has 0 N–H and O–H groups in total. The second-order valence-electron chi connectivity index (χ2n) is 4.76. The van der Waals surface area contributed by atoms with Gasteiger partial charge in [-0.25, -0.2) is 0 Å². The van der Waals surface area contributed by atoms with Crippen molar-refractivity contribution in [1.82, 2.24) is 0 Å². The Balaban J connectivity index is 2.04. The Bertz CT molecular complexity index is 434. The molecule has 0 heterocycles. The van der Waals surface area contributed by atoms with Gasteiger partial charge in [-0.3, -0.25) is 0 Å². The Kier molecular flexibility index (Phi) is 6.55. The molecule has 20 heavy (non-hydrogen) atoms. The summed E-state index contributed by atoms with van der Waals surface area (Å²) < 4.78 is 0. The lowest BCUT2D eigenvalue weighted by molar-refractivity contribution is 0.736. The molecular formula is C18H22S2. The zero-order valence-corrected chi connectivity index (χ0v) is 13.8. The average Bonchev–Trinajstić information content (AvgIpc) is 2.52. The Morgan fingerprint density at radius 2 is 1.00 bits per heavy atom. The number of benzene rings is 2. The van der Waals surface area contributed by atoms with Crippen molar-refractivity contribution in [3.05, 3.63) is 60.7 Å². The van der Waals surface area contributed by atoms with Gasteiger partial charge in [0.05, 0.1) is 0 Å². The van der Waals surface area contributed by atoms with E-state index < -0.39 is 0 Å². The Labute approximate surface area is 131 Å². The first-order valence-electron chi connectivity index (χ1n) is 7.27. The van der Waals surface area contributed by atoms with Crippen molar-refractivity contribution in [3.8, 4) is 0 Å². The minimum absolute atomic E-state index is 0.660. The molecule has 2 aromatic rings. The lowest BCUT2D eigenvalue weighted by atomic mass is 10.2. The molecule has 0 unspecified atom stereocenters. The predicted octanol–water partition coefficient (Wildman–Crippen LogP) is 6.13. The van der Waals surface area contributed by atoms with E-state index in [4.69, 9.17) is 0 Å². The highest BCUT2D eigenvalue weighted by atomic mass is 32.2. The molecule has 0 nitrogen and oxygen atoms in total. The first-order valence-corrected chi connectivity index (χ1v) is 9.02. The Morgan fingerprint density at radius 3 is 1.30 bits per heavy atom. The van der Waals surface area contributed by atoms with Crippen LogP contribution >= 0.6 is 23.5 Å². The largest absolute Gasteiger partial charge is 0.122 e. The van der Waals surface area contributed by atoms with Crippen LogP contribution in [0.15, 0.2) is 70.5 Å². The summed E-state index contributed by atoms with van der Waals surface area (Å²) in [5.74, 6) is 0. The third kappa shape index (κ3) is 4.60. The van der Waals surface area contributed by atoms with Crippen molar-refractivity contribution >= 4 is 23.5 Å². The van der Waals surface area contributed by atoms with E-state index in [1.165, 1.54) is 22.6 Å². The quantitative estimate of drug-likeness (QED) is 0.564. The highest BCUT2D eigenvalue weighted by Crippen LogP contribution is 2.37. The molecule has 2 rings (SSSR count). The van der Waals surface area contributed by atoms with Crippen molar-refractivity contribution in [2.45, 2.75) is 47.0 Å². The van der Waals surface area contributed by atoms with Crippen LogP contribution in [-0.4, -0.2) is 10.5 Å². The predicted molar refractivity (Wildman–Crippen MR) is 92.8 cm³/mol. The molecule has 0 aliphatic carbocycles. The number of hydrogen-bond donors (Lipinski definition) is 0. The van der Waals surface area contributed by atoms with Crippen LogP contribution in [0.4, 0.5) is 0 Å². The van der Waals surface area contributed by atoms with Gasteiger partial charge in [0.25, 0.3) is 0 Å². The summed E-state index contributed by atoms with van der Waals surface area (Å²) >= 11 is 4.04. The monoisotopic (exact) mass is 302 g/mol. The summed E-state index contributed by atoms with van der Waals surface area (Å²) in [6.45, 7) is 4.60. The van der Waals surface area contributed by atoms with Crippen molar-refractivity contribution in [2.75, 3.05) is 0 Å². The minimum Gasteiger partial charge on any atom is -0.122 e. The van der Waals surface area contributed by atoms with Gasteiger partial charge in [-0.05, 0) is 37.1 Å². The maximum atomic E-state index is 2.30. The summed E-state index contributed by atoms with van der Waals surface area (Å²) in [5, 5.41) is 1.32. The van der Waals surface area contributed by atoms with Gasteiger partial charge in [-0.15, -0.1) is 23.5 Å². The van der Waals surface area contributed by atoms with Gasteiger partial charge in [0.15, 0.2) is 0 Å². The van der Waals surface area contributed by atoms with Crippen LogP contribution in [0.1, 0.15) is 26.7 Å². The molecule has 0 radical (unpaired) electrons. The van der Waals surface area contributed by atoms with E-state index in [-0.39, 0.29) is 0 Å². The molecule has 2 atom stereocenters. The molecule has 0 fully saturated rings. The van der Waals surface area contributed by atoms with Gasteiger partial charge in [0.2, 0.25) is 0 Å². The fraction of sp³-hybridized carbons (Fsp3) is 0.333. The topological polar surface area (TPSA) is 0 Å². The lowest BCUT2D eigenvalue weighted by Gasteiger charge is -2.24. The fourth-order valence-electron chi connectivity index (χ4n) is 2.19. The number of thioether (sulfide) groups is 2. The third-order valence-corrected chi connectivity index (χ3v) is 6.47. The SMILES string of the molecule is CC[C@H](Sc1ccccc1)[C@H](CC)Sc1ccccc1. The normalized spacial score (nSPS) is 13.9. The number of hydrogen-bond acceptors (Lipinski definition) is 2. The van der Waals surface area contributed by atoms with Crippen molar-refractivity contribution in [2.24, 2.45) is 0 Å². The first kappa shape index (κ1) is 15.5. The van der Waals surface area contributed by atoms with Crippen molar-refractivity contribution < 1.29 is 0 Å². The molecule has 0 aliphatic heterocycles. The van der Waals surface area contributed by atoms with Gasteiger partial charge >= 0.3 is 0 Å². The zero-order chi connectivity index (χ0) is 14.2. The van der Waals surface area contributed by atoms with Crippen LogP contribution in [0.3, 0.4) is 0 Å². The van der Waals surface area contributed by atoms with Gasteiger partial charge in [0, 0.05) is 20.3 Å². The van der Waals surface area contributed by atoms with Crippen LogP contribution in [0.2, 0.25) is 0 Å². The molecule has 106 valence electrons. The maximum Gasteiger partial charge on any atom is 0.0214 e. The van der Waals surface area contributed by atoms with E-state index in [1.807, 2.05) is 23.5 Å². The molecule has 0 bridgehead atoms. The van der Waals surface area contributed by atoms with E-state index >= 15 is 0 Å². The highest BCUT2D eigenvalue weighted by Gasteiger charge is 2.20. The van der Waals surface area contributed by atoms with E-state index in [9.17, 15) is 0 Å². The minimum atomic E-state index is 0.660. The molecule has 0 saturated heterocycles. The van der Waals surface area contributed by atoms with Crippen molar-refractivity contribution in [1.29, 1.82) is 0 Å². The summed E-state index contributed by atoms with van der Waals surface area (Å²) in [7, 11) is 0. The second-order valence-corrected chi connectivity index (χ2v) is 7.38.